The Morgan fingerprint density at radius 2 is 1.38 bits per heavy atom. The van der Waals surface area contributed by atoms with E-state index >= 15 is 0 Å². The third-order valence-electron chi connectivity index (χ3n) is 8.39. The Bertz CT molecular complexity index is 2110. The quantitative estimate of drug-likeness (QED) is 0.205. The SMILES string of the molecule is CC(C)(O)C(C)(C)OPc1ccc2c(c1)c1c3ccccc3ccc1n2-c1nc(-c2ccccc2)c2ccccc2n1. The molecule has 5 nitrogen and oxygen atoms in total. The minimum absolute atomic E-state index is 0.0822. The number of fused-ring (bicyclic) bond motifs is 6. The first kappa shape index (κ1) is 26.7. The Kier molecular flexibility index (Phi) is 6.36. The summed E-state index contributed by atoms with van der Waals surface area (Å²) in [7, 11) is 0.0822. The lowest BCUT2D eigenvalue weighted by Gasteiger charge is -2.36. The molecule has 1 atom stereocenters. The van der Waals surface area contributed by atoms with E-state index in [9.17, 15) is 5.11 Å². The van der Waals surface area contributed by atoms with Crippen molar-refractivity contribution in [3.05, 3.63) is 109 Å². The van der Waals surface area contributed by atoms with Crippen molar-refractivity contribution in [2.45, 2.75) is 38.9 Å². The summed E-state index contributed by atoms with van der Waals surface area (Å²) in [5.41, 5.74) is 3.28. The van der Waals surface area contributed by atoms with Crippen molar-refractivity contribution in [2.75, 3.05) is 0 Å². The zero-order chi connectivity index (χ0) is 29.1. The van der Waals surface area contributed by atoms with Gasteiger partial charge >= 0.3 is 0 Å². The van der Waals surface area contributed by atoms with E-state index in [-0.39, 0.29) is 8.81 Å². The third kappa shape index (κ3) is 4.46. The number of benzene rings is 5. The van der Waals surface area contributed by atoms with Crippen molar-refractivity contribution < 1.29 is 9.63 Å². The molecule has 5 aromatic carbocycles. The van der Waals surface area contributed by atoms with E-state index in [1.165, 1.54) is 10.8 Å². The molecule has 0 amide bonds. The number of hydrogen-bond donors (Lipinski definition) is 1. The van der Waals surface area contributed by atoms with Gasteiger partial charge in [-0.3, -0.25) is 4.57 Å². The highest BCUT2D eigenvalue weighted by atomic mass is 31.1. The molecule has 0 aliphatic rings. The molecule has 7 aromatic rings. The van der Waals surface area contributed by atoms with Crippen LogP contribution in [0, 0.1) is 0 Å². The van der Waals surface area contributed by atoms with Crippen molar-refractivity contribution in [1.29, 1.82) is 0 Å². The van der Waals surface area contributed by atoms with E-state index in [2.05, 4.69) is 83.4 Å². The largest absolute Gasteiger partial charge is 0.387 e. The maximum atomic E-state index is 10.6. The van der Waals surface area contributed by atoms with Gasteiger partial charge in [-0.05, 0) is 62.7 Å². The second-order valence-electron chi connectivity index (χ2n) is 11.8. The number of nitrogens with zero attached hydrogens (tertiary/aromatic N) is 3. The van der Waals surface area contributed by atoms with Crippen LogP contribution in [0.5, 0.6) is 0 Å². The fourth-order valence-electron chi connectivity index (χ4n) is 5.36. The van der Waals surface area contributed by atoms with Crippen LogP contribution in [0.2, 0.25) is 0 Å². The summed E-state index contributed by atoms with van der Waals surface area (Å²) in [5, 5.41) is 17.4. The van der Waals surface area contributed by atoms with Gasteiger partial charge in [-0.25, -0.2) is 9.97 Å². The Hall–Kier alpha value is -4.15. The molecule has 1 unspecified atom stereocenters. The standard InChI is InChI=1S/C36H32N3O2P/c1-35(2,40)36(3,4)41-42-25-19-21-30-28(22-25)32-26-15-9-8-12-23(26)18-20-31(32)39(30)34-37-29-17-11-10-16-27(29)33(38-34)24-13-6-5-7-14-24/h5-22,40,42H,1-4H3. The predicted octanol–water partition coefficient (Wildman–Crippen LogP) is 8.33. The summed E-state index contributed by atoms with van der Waals surface area (Å²) in [5.74, 6) is 0.637. The summed E-state index contributed by atoms with van der Waals surface area (Å²) in [6, 6.07) is 37.8. The first-order valence-electron chi connectivity index (χ1n) is 14.2. The van der Waals surface area contributed by atoms with Gasteiger partial charge in [0.25, 0.3) is 0 Å². The van der Waals surface area contributed by atoms with Gasteiger partial charge in [-0.15, -0.1) is 0 Å². The van der Waals surface area contributed by atoms with Crippen LogP contribution in [0.25, 0.3) is 60.7 Å². The van der Waals surface area contributed by atoms with Crippen molar-refractivity contribution >= 4 is 57.6 Å². The molecule has 0 bridgehead atoms. The van der Waals surface area contributed by atoms with E-state index in [4.69, 9.17) is 14.5 Å². The van der Waals surface area contributed by atoms with E-state index in [1.807, 2.05) is 44.2 Å². The van der Waals surface area contributed by atoms with E-state index < -0.39 is 11.2 Å². The zero-order valence-electron chi connectivity index (χ0n) is 24.1. The summed E-state index contributed by atoms with van der Waals surface area (Å²) >= 11 is 0. The molecule has 7 rings (SSSR count). The third-order valence-corrected chi connectivity index (χ3v) is 9.55. The monoisotopic (exact) mass is 569 g/mol. The van der Waals surface area contributed by atoms with E-state index in [0.29, 0.717) is 5.95 Å². The lowest BCUT2D eigenvalue weighted by molar-refractivity contribution is -0.0833. The normalized spacial score (nSPS) is 12.9. The highest BCUT2D eigenvalue weighted by Crippen LogP contribution is 2.38. The molecule has 0 saturated heterocycles. The molecule has 42 heavy (non-hydrogen) atoms. The number of rotatable bonds is 6. The Morgan fingerprint density at radius 3 is 2.17 bits per heavy atom. The second kappa shape index (κ2) is 9.99. The van der Waals surface area contributed by atoms with Crippen LogP contribution >= 0.6 is 8.81 Å². The molecule has 1 N–H and O–H groups in total. The molecular formula is C36H32N3O2P. The van der Waals surface area contributed by atoms with Gasteiger partial charge in [0.1, 0.15) is 0 Å². The molecule has 0 spiro atoms. The molecule has 0 saturated carbocycles. The van der Waals surface area contributed by atoms with Crippen LogP contribution in [0.15, 0.2) is 109 Å². The van der Waals surface area contributed by atoms with Crippen LogP contribution in [0.3, 0.4) is 0 Å². The van der Waals surface area contributed by atoms with Crippen molar-refractivity contribution in [2.24, 2.45) is 0 Å². The smallest absolute Gasteiger partial charge is 0.235 e. The molecule has 0 radical (unpaired) electrons. The number of hydrogen-bond acceptors (Lipinski definition) is 4. The van der Waals surface area contributed by atoms with Crippen LogP contribution in [-0.4, -0.2) is 30.8 Å². The van der Waals surface area contributed by atoms with Crippen LogP contribution in [0.4, 0.5) is 0 Å². The fourth-order valence-corrected chi connectivity index (χ4v) is 6.34. The molecule has 0 aliphatic carbocycles. The van der Waals surface area contributed by atoms with Gasteiger partial charge in [0.05, 0.1) is 33.4 Å². The Labute approximate surface area is 246 Å². The van der Waals surface area contributed by atoms with Crippen molar-refractivity contribution in [1.82, 2.24) is 14.5 Å². The molecule has 0 aliphatic heterocycles. The van der Waals surface area contributed by atoms with Gasteiger partial charge in [0, 0.05) is 35.8 Å². The lowest BCUT2D eigenvalue weighted by atomic mass is 9.90. The first-order valence-corrected chi connectivity index (χ1v) is 15.1. The molecule has 208 valence electrons. The minimum Gasteiger partial charge on any atom is -0.387 e. The minimum atomic E-state index is -0.972. The van der Waals surface area contributed by atoms with Gasteiger partial charge < -0.3 is 9.63 Å². The number of para-hydroxylation sites is 1. The maximum Gasteiger partial charge on any atom is 0.235 e. The average molecular weight is 570 g/mol. The topological polar surface area (TPSA) is 60.2 Å². The van der Waals surface area contributed by atoms with Gasteiger partial charge in [-0.1, -0.05) is 84.9 Å². The first-order chi connectivity index (χ1) is 20.2. The summed E-state index contributed by atoms with van der Waals surface area (Å²) < 4.78 is 8.46. The van der Waals surface area contributed by atoms with Crippen molar-refractivity contribution in [3.63, 3.8) is 0 Å². The number of aliphatic hydroxyl groups is 1. The van der Waals surface area contributed by atoms with Gasteiger partial charge in [0.2, 0.25) is 5.95 Å². The average Bonchev–Trinajstić information content (AvgIpc) is 3.33. The summed E-state index contributed by atoms with van der Waals surface area (Å²) in [6.45, 7) is 7.43. The number of aromatic nitrogens is 3. The molecule has 0 fully saturated rings. The van der Waals surface area contributed by atoms with E-state index in [1.54, 1.807) is 13.8 Å². The van der Waals surface area contributed by atoms with Crippen LogP contribution in [-0.2, 0) is 4.52 Å². The Balaban J connectivity index is 1.49. The fraction of sp³-hybridized carbons (Fsp3) is 0.167. The maximum absolute atomic E-state index is 10.6. The van der Waals surface area contributed by atoms with Crippen LogP contribution in [0.1, 0.15) is 27.7 Å². The highest BCUT2D eigenvalue weighted by molar-refractivity contribution is 7.42. The zero-order valence-corrected chi connectivity index (χ0v) is 25.1. The van der Waals surface area contributed by atoms with E-state index in [0.717, 1.165) is 49.3 Å². The molecule has 2 aromatic heterocycles. The van der Waals surface area contributed by atoms with Gasteiger partial charge in [0.15, 0.2) is 0 Å². The summed E-state index contributed by atoms with van der Waals surface area (Å²) in [4.78, 5) is 10.3. The lowest BCUT2D eigenvalue weighted by Crippen LogP contribution is -2.45. The highest BCUT2D eigenvalue weighted by Gasteiger charge is 2.36. The molecular weight excluding hydrogens is 537 g/mol. The van der Waals surface area contributed by atoms with Gasteiger partial charge in [-0.2, -0.15) is 0 Å². The van der Waals surface area contributed by atoms with Crippen LogP contribution < -0.4 is 5.30 Å². The molecule has 6 heteroatoms. The second-order valence-corrected chi connectivity index (χ2v) is 12.8. The summed E-state index contributed by atoms with van der Waals surface area (Å²) in [6.07, 6.45) is 0. The Morgan fingerprint density at radius 1 is 0.690 bits per heavy atom. The predicted molar refractivity (Wildman–Crippen MR) is 176 cm³/mol. The van der Waals surface area contributed by atoms with Crippen molar-refractivity contribution in [3.8, 4) is 17.2 Å². The molecule has 2 heterocycles.